The number of anilines is 3. The third-order valence-electron chi connectivity index (χ3n) is 8.82. The lowest BCUT2D eigenvalue weighted by Crippen LogP contribution is -2.10. The molecule has 0 spiro atoms. The van der Waals surface area contributed by atoms with Crippen molar-refractivity contribution < 1.29 is 11.0 Å². The van der Waals surface area contributed by atoms with Crippen LogP contribution >= 0.6 is 0 Å². The zero-order chi connectivity index (χ0) is 38.8. The van der Waals surface area contributed by atoms with Crippen LogP contribution in [0.5, 0.6) is 0 Å². The molecule has 1 aromatic heterocycles. The van der Waals surface area contributed by atoms with Gasteiger partial charge in [-0.25, -0.2) is 0 Å². The van der Waals surface area contributed by atoms with E-state index in [1.807, 2.05) is 54.6 Å². The molecule has 0 aliphatic carbocycles. The Morgan fingerprint density at radius 3 is 1.60 bits per heavy atom. The van der Waals surface area contributed by atoms with Gasteiger partial charge in [-0.05, 0) is 87.6 Å². The van der Waals surface area contributed by atoms with E-state index in [9.17, 15) is 0 Å². The van der Waals surface area contributed by atoms with Crippen molar-refractivity contribution in [1.29, 1.82) is 0 Å². The van der Waals surface area contributed by atoms with E-state index in [1.165, 1.54) is 5.39 Å². The molecule has 2 heteroatoms. The van der Waals surface area contributed by atoms with Crippen molar-refractivity contribution in [2.45, 2.75) is 0 Å². The molecule has 0 saturated carbocycles. The molecule has 0 bridgehead atoms. The summed E-state index contributed by atoms with van der Waals surface area (Å²) in [6.07, 6.45) is 0. The summed E-state index contributed by atoms with van der Waals surface area (Å²) in [5, 5.41) is 2.41. The van der Waals surface area contributed by atoms with Crippen molar-refractivity contribution in [1.82, 2.24) is 4.57 Å². The Kier molecular flexibility index (Phi) is 5.07. The van der Waals surface area contributed by atoms with Crippen LogP contribution in [0, 0.1) is 0 Å². The first kappa shape index (κ1) is 20.7. The quantitative estimate of drug-likeness (QED) is 0.180. The number of rotatable bonds is 6. The summed E-state index contributed by atoms with van der Waals surface area (Å²) < 4.78 is 71.0. The molecular weight excluding hydrogens is 581 g/mol. The molecule has 0 aliphatic rings. The van der Waals surface area contributed by atoms with Gasteiger partial charge in [-0.3, -0.25) is 0 Å². The van der Waals surface area contributed by atoms with Crippen LogP contribution in [0.3, 0.4) is 0 Å². The molecule has 0 N–H and O–H groups in total. The van der Waals surface area contributed by atoms with Gasteiger partial charge in [-0.15, -0.1) is 0 Å². The van der Waals surface area contributed by atoms with Crippen LogP contribution in [0.25, 0.3) is 60.5 Å². The molecule has 0 saturated heterocycles. The standard InChI is InChI=1S/C46H32N2/c1-3-14-33(15-4-1)40-24-11-16-35-17-12-25-41(46(35)40)34-28-30-37(31-29-34)47(36-18-5-2-6-19-36)38-20-13-21-39(32-38)48-44-26-9-7-22-42(44)43-23-8-10-27-45(43)48/h1-32H/i7D,8D,9D,10D,22D,23D,26D,27D. The highest BCUT2D eigenvalue weighted by Gasteiger charge is 2.17. The predicted molar refractivity (Wildman–Crippen MR) is 204 cm³/mol. The van der Waals surface area contributed by atoms with E-state index in [2.05, 4.69) is 89.8 Å². The first-order chi connectivity index (χ1) is 27.2. The van der Waals surface area contributed by atoms with Crippen LogP contribution in [-0.4, -0.2) is 4.57 Å². The number of para-hydroxylation sites is 3. The van der Waals surface area contributed by atoms with Crippen LogP contribution in [0.2, 0.25) is 0 Å². The third kappa shape index (κ3) is 4.74. The smallest absolute Gasteiger partial charge is 0.0645 e. The summed E-state index contributed by atoms with van der Waals surface area (Å²) in [4.78, 5) is 2.09. The fourth-order valence-electron chi connectivity index (χ4n) is 6.70. The van der Waals surface area contributed by atoms with Gasteiger partial charge < -0.3 is 9.47 Å². The molecule has 0 radical (unpaired) electrons. The lowest BCUT2D eigenvalue weighted by molar-refractivity contribution is 1.17. The summed E-state index contributed by atoms with van der Waals surface area (Å²) in [6, 6.07) is 45.6. The highest BCUT2D eigenvalue weighted by atomic mass is 15.1. The van der Waals surface area contributed by atoms with Gasteiger partial charge in [-0.1, -0.05) is 139 Å². The summed E-state index contributed by atoms with van der Waals surface area (Å²) in [5.74, 6) is 0. The summed E-state index contributed by atoms with van der Waals surface area (Å²) >= 11 is 0. The van der Waals surface area contributed by atoms with Crippen LogP contribution in [0.1, 0.15) is 11.0 Å². The number of nitrogens with zero attached hydrogens (tertiary/aromatic N) is 2. The number of aromatic nitrogens is 1. The van der Waals surface area contributed by atoms with Crippen molar-refractivity contribution in [2.24, 2.45) is 0 Å². The van der Waals surface area contributed by atoms with Crippen molar-refractivity contribution in [3.8, 4) is 27.9 Å². The molecule has 226 valence electrons. The zero-order valence-electron chi connectivity index (χ0n) is 33.8. The lowest BCUT2D eigenvalue weighted by atomic mass is 9.91. The van der Waals surface area contributed by atoms with Crippen LogP contribution in [0.15, 0.2) is 194 Å². The zero-order valence-corrected chi connectivity index (χ0v) is 25.8. The second-order valence-electron chi connectivity index (χ2n) is 11.6. The molecule has 9 rings (SSSR count). The first-order valence-corrected chi connectivity index (χ1v) is 15.8. The number of hydrogen-bond donors (Lipinski definition) is 0. The van der Waals surface area contributed by atoms with E-state index in [1.54, 1.807) is 10.6 Å². The number of hydrogen-bond acceptors (Lipinski definition) is 1. The SMILES string of the molecule is [2H]c1c([2H])c([2H])c2c(c1[2H])c1c([2H])c([2H])c([2H])c([2H])c1n2-c1cccc(N(c2ccccc2)c2ccc(-c3cccc4cccc(-c5ccccc5)c34)cc2)c1. The Labute approximate surface area is 291 Å². The molecular formula is C46H32N2. The van der Waals surface area contributed by atoms with Gasteiger partial charge in [0, 0.05) is 33.5 Å². The molecule has 48 heavy (non-hydrogen) atoms. The van der Waals surface area contributed by atoms with Gasteiger partial charge in [-0.2, -0.15) is 0 Å². The fraction of sp³-hybridized carbons (Fsp3) is 0. The normalized spacial score (nSPS) is 13.7. The van der Waals surface area contributed by atoms with Crippen molar-refractivity contribution in [2.75, 3.05) is 4.90 Å². The van der Waals surface area contributed by atoms with Crippen molar-refractivity contribution in [3.63, 3.8) is 0 Å². The molecule has 8 aromatic carbocycles. The maximum absolute atomic E-state index is 8.97. The van der Waals surface area contributed by atoms with Gasteiger partial charge in [0.2, 0.25) is 0 Å². The molecule has 0 amide bonds. The average Bonchev–Trinajstić information content (AvgIpc) is 3.61. The second-order valence-corrected chi connectivity index (χ2v) is 11.6. The Bertz CT molecular complexity index is 2920. The lowest BCUT2D eigenvalue weighted by Gasteiger charge is -2.26. The Balaban J connectivity index is 1.23. The van der Waals surface area contributed by atoms with E-state index in [0.717, 1.165) is 44.7 Å². The van der Waals surface area contributed by atoms with E-state index in [-0.39, 0.29) is 46.0 Å². The Hall–Kier alpha value is -6.38. The molecule has 0 unspecified atom stereocenters. The van der Waals surface area contributed by atoms with Gasteiger partial charge in [0.25, 0.3) is 0 Å². The summed E-state index contributed by atoms with van der Waals surface area (Å²) in [7, 11) is 0. The number of benzene rings is 8. The minimum atomic E-state index is -0.471. The third-order valence-corrected chi connectivity index (χ3v) is 8.82. The minimum Gasteiger partial charge on any atom is -0.310 e. The molecule has 9 aromatic rings. The van der Waals surface area contributed by atoms with Gasteiger partial charge in [0.1, 0.15) is 0 Å². The fourth-order valence-corrected chi connectivity index (χ4v) is 6.70. The van der Waals surface area contributed by atoms with E-state index < -0.39 is 24.2 Å². The van der Waals surface area contributed by atoms with E-state index in [4.69, 9.17) is 11.0 Å². The van der Waals surface area contributed by atoms with Gasteiger partial charge in [0.15, 0.2) is 0 Å². The topological polar surface area (TPSA) is 8.17 Å². The molecule has 0 aliphatic heterocycles. The van der Waals surface area contributed by atoms with E-state index >= 15 is 0 Å². The highest BCUT2D eigenvalue weighted by molar-refractivity contribution is 6.09. The van der Waals surface area contributed by atoms with Crippen molar-refractivity contribution in [3.05, 3.63) is 194 Å². The maximum atomic E-state index is 8.97. The molecule has 1 heterocycles. The maximum Gasteiger partial charge on any atom is 0.0645 e. The van der Waals surface area contributed by atoms with Crippen LogP contribution in [0.4, 0.5) is 17.1 Å². The Morgan fingerprint density at radius 1 is 0.438 bits per heavy atom. The summed E-state index contributed by atoms with van der Waals surface area (Å²) in [6.45, 7) is 0. The number of fused-ring (bicyclic) bond motifs is 4. The molecule has 0 atom stereocenters. The van der Waals surface area contributed by atoms with Crippen LogP contribution in [-0.2, 0) is 0 Å². The minimum absolute atomic E-state index is 0.0442. The molecule has 0 fully saturated rings. The first-order valence-electron chi connectivity index (χ1n) is 19.8. The van der Waals surface area contributed by atoms with Crippen LogP contribution < -0.4 is 4.90 Å². The van der Waals surface area contributed by atoms with Crippen molar-refractivity contribution >= 4 is 49.6 Å². The Morgan fingerprint density at radius 2 is 0.958 bits per heavy atom. The highest BCUT2D eigenvalue weighted by Crippen LogP contribution is 2.40. The van der Waals surface area contributed by atoms with Gasteiger partial charge >= 0.3 is 0 Å². The van der Waals surface area contributed by atoms with Gasteiger partial charge in [0.05, 0.1) is 22.0 Å². The summed E-state index contributed by atoms with van der Waals surface area (Å²) in [5.41, 5.74) is 7.57. The second kappa shape index (κ2) is 11.8. The monoisotopic (exact) mass is 620 g/mol. The average molecular weight is 621 g/mol. The largest absolute Gasteiger partial charge is 0.310 e. The molecule has 2 nitrogen and oxygen atoms in total. The predicted octanol–water partition coefficient (Wildman–Crippen LogP) is 12.7. The van der Waals surface area contributed by atoms with E-state index in [0.29, 0.717) is 5.69 Å².